The number of rotatable bonds is 10. The predicted octanol–water partition coefficient (Wildman–Crippen LogP) is 3.73. The zero-order valence-electron chi connectivity index (χ0n) is 18.7. The average molecular weight is 492 g/mol. The van der Waals surface area contributed by atoms with Gasteiger partial charge in [0.15, 0.2) is 21.3 Å². The van der Waals surface area contributed by atoms with E-state index in [9.17, 15) is 13.2 Å². The van der Waals surface area contributed by atoms with Crippen molar-refractivity contribution >= 4 is 27.1 Å². The van der Waals surface area contributed by atoms with Crippen molar-refractivity contribution in [2.24, 2.45) is 0 Å². The van der Waals surface area contributed by atoms with Crippen molar-refractivity contribution in [1.29, 1.82) is 0 Å². The smallest absolute Gasteiger partial charge is 0.251 e. The first kappa shape index (κ1) is 24.4. The molecule has 0 spiro atoms. The van der Waals surface area contributed by atoms with Crippen molar-refractivity contribution in [3.63, 3.8) is 0 Å². The lowest BCUT2D eigenvalue weighted by Crippen LogP contribution is -2.31. The summed E-state index contributed by atoms with van der Waals surface area (Å²) in [5.74, 6) is 1.08. The quantitative estimate of drug-likeness (QED) is 0.461. The van der Waals surface area contributed by atoms with Crippen LogP contribution >= 0.6 is 11.3 Å². The molecule has 10 heteroatoms. The lowest BCUT2D eigenvalue weighted by atomic mass is 10.1. The maximum atomic E-state index is 13.4. The van der Waals surface area contributed by atoms with Crippen LogP contribution in [0, 0.1) is 0 Å². The van der Waals surface area contributed by atoms with E-state index in [0.717, 1.165) is 0 Å². The molecule has 1 amide bonds. The van der Waals surface area contributed by atoms with Crippen molar-refractivity contribution in [2.75, 3.05) is 35.0 Å². The van der Waals surface area contributed by atoms with Gasteiger partial charge in [0.25, 0.3) is 5.91 Å². The van der Waals surface area contributed by atoms with Gasteiger partial charge in [0.1, 0.15) is 11.0 Å². The van der Waals surface area contributed by atoms with Crippen LogP contribution in [-0.2, 0) is 9.84 Å². The summed E-state index contributed by atoms with van der Waals surface area (Å²) in [5, 5.41) is 3.58. The van der Waals surface area contributed by atoms with Crippen molar-refractivity contribution < 1.29 is 32.2 Å². The van der Waals surface area contributed by atoms with Crippen LogP contribution in [-0.4, -0.2) is 49.3 Å². The molecule has 0 saturated heterocycles. The molecule has 1 heterocycles. The molecule has 0 aliphatic carbocycles. The van der Waals surface area contributed by atoms with Crippen molar-refractivity contribution in [3.8, 4) is 23.0 Å². The molecule has 1 N–H and O–H groups in total. The van der Waals surface area contributed by atoms with Gasteiger partial charge in [0.05, 0.1) is 33.3 Å². The van der Waals surface area contributed by atoms with Crippen molar-refractivity contribution in [3.05, 3.63) is 64.4 Å². The molecule has 0 fully saturated rings. The lowest BCUT2D eigenvalue weighted by Gasteiger charge is -2.18. The van der Waals surface area contributed by atoms with E-state index in [-0.39, 0.29) is 17.0 Å². The number of benzene rings is 2. The average Bonchev–Trinajstić information content (AvgIpc) is 3.37. The summed E-state index contributed by atoms with van der Waals surface area (Å²) in [5.41, 5.74) is 0.247. The molecule has 0 saturated carbocycles. The maximum absolute atomic E-state index is 13.4. The monoisotopic (exact) mass is 491 g/mol. The highest BCUT2D eigenvalue weighted by atomic mass is 32.2. The summed E-state index contributed by atoms with van der Waals surface area (Å²) in [6, 6.07) is 12.7. The van der Waals surface area contributed by atoms with E-state index in [1.807, 2.05) is 0 Å². The number of sulfone groups is 1. The minimum absolute atomic E-state index is 0.121. The second-order valence-corrected chi connectivity index (χ2v) is 9.96. The van der Waals surface area contributed by atoms with Crippen LogP contribution in [0.5, 0.6) is 23.0 Å². The molecule has 3 aromatic rings. The highest BCUT2D eigenvalue weighted by molar-refractivity contribution is 7.91. The highest BCUT2D eigenvalue weighted by Crippen LogP contribution is 2.38. The molecule has 33 heavy (non-hydrogen) atoms. The largest absolute Gasteiger partial charge is 0.497 e. The van der Waals surface area contributed by atoms with Gasteiger partial charge in [0, 0.05) is 17.0 Å². The topological polar surface area (TPSA) is 100 Å². The van der Waals surface area contributed by atoms with Crippen LogP contribution in [0.2, 0.25) is 0 Å². The van der Waals surface area contributed by atoms with Gasteiger partial charge in [0.2, 0.25) is 5.75 Å². The number of ether oxygens (including phenoxy) is 4. The molecule has 0 aliphatic rings. The van der Waals surface area contributed by atoms with Crippen molar-refractivity contribution in [2.45, 2.75) is 10.1 Å². The number of carbonyl (C=O) groups excluding carboxylic acids is 1. The summed E-state index contributed by atoms with van der Waals surface area (Å²) < 4.78 is 47.8. The molecule has 0 radical (unpaired) electrons. The van der Waals surface area contributed by atoms with Crippen LogP contribution in [0.15, 0.2) is 58.8 Å². The first-order valence-electron chi connectivity index (χ1n) is 9.85. The summed E-state index contributed by atoms with van der Waals surface area (Å²) in [6.45, 7) is -0.121. The molecule has 2 aromatic carbocycles. The van der Waals surface area contributed by atoms with Gasteiger partial charge in [-0.2, -0.15) is 0 Å². The maximum Gasteiger partial charge on any atom is 0.251 e. The number of carbonyl (C=O) groups is 1. The normalized spacial score (nSPS) is 12.0. The van der Waals surface area contributed by atoms with Gasteiger partial charge in [-0.3, -0.25) is 4.79 Å². The Bertz CT molecular complexity index is 1170. The Morgan fingerprint density at radius 3 is 2.06 bits per heavy atom. The third-order valence-electron chi connectivity index (χ3n) is 5.00. The third kappa shape index (κ3) is 5.23. The second-order valence-electron chi connectivity index (χ2n) is 6.85. The summed E-state index contributed by atoms with van der Waals surface area (Å²) >= 11 is 1.31. The number of hydrogen-bond acceptors (Lipinski definition) is 8. The van der Waals surface area contributed by atoms with Crippen LogP contribution in [0.4, 0.5) is 0 Å². The van der Waals surface area contributed by atoms with Gasteiger partial charge in [-0.1, -0.05) is 6.07 Å². The van der Waals surface area contributed by atoms with E-state index in [2.05, 4.69) is 5.32 Å². The number of hydrogen-bond donors (Lipinski definition) is 1. The fraction of sp³-hybridized carbons (Fsp3) is 0.261. The Hall–Kier alpha value is -3.24. The van der Waals surface area contributed by atoms with E-state index in [1.54, 1.807) is 29.6 Å². The van der Waals surface area contributed by atoms with Crippen LogP contribution < -0.4 is 24.3 Å². The first-order valence-corrected chi connectivity index (χ1v) is 12.3. The Kier molecular flexibility index (Phi) is 7.83. The molecule has 8 nitrogen and oxygen atoms in total. The lowest BCUT2D eigenvalue weighted by molar-refractivity contribution is 0.0953. The highest BCUT2D eigenvalue weighted by Gasteiger charge is 2.31. The number of amides is 1. The molecule has 0 aliphatic heterocycles. The zero-order valence-corrected chi connectivity index (χ0v) is 20.3. The third-order valence-corrected chi connectivity index (χ3v) is 8.23. The Morgan fingerprint density at radius 2 is 1.58 bits per heavy atom. The Balaban J connectivity index is 1.89. The van der Waals surface area contributed by atoms with Gasteiger partial charge in [-0.25, -0.2) is 8.42 Å². The van der Waals surface area contributed by atoms with Crippen LogP contribution in [0.3, 0.4) is 0 Å². The van der Waals surface area contributed by atoms with Gasteiger partial charge in [-0.05, 0) is 47.8 Å². The second kappa shape index (κ2) is 10.6. The first-order chi connectivity index (χ1) is 15.8. The molecule has 1 atom stereocenters. The molecule has 176 valence electrons. The zero-order chi connectivity index (χ0) is 24.0. The van der Waals surface area contributed by atoms with Gasteiger partial charge in [-0.15, -0.1) is 11.3 Å². The molecule has 3 rings (SSSR count). The molecular weight excluding hydrogens is 466 g/mol. The SMILES string of the molecule is COc1ccc(S(=O)(=O)[C@H](CNC(=O)c2cc(OC)c(OC)c(OC)c2)c2cccs2)cc1. The standard InChI is InChI=1S/C23H25NO7S2/c1-28-16-7-9-17(10-8-16)33(26,27)21(20-6-5-11-32-20)14-24-23(25)15-12-18(29-2)22(31-4)19(13-15)30-3/h5-13,21H,14H2,1-4H3,(H,24,25)/t21-/m1/s1. The predicted molar refractivity (Wildman–Crippen MR) is 126 cm³/mol. The van der Waals surface area contributed by atoms with Crippen LogP contribution in [0.1, 0.15) is 20.5 Å². The molecular formula is C23H25NO7S2. The fourth-order valence-corrected chi connectivity index (χ4v) is 6.05. The van der Waals surface area contributed by atoms with E-state index >= 15 is 0 Å². The van der Waals surface area contributed by atoms with Gasteiger partial charge >= 0.3 is 0 Å². The van der Waals surface area contributed by atoms with Crippen LogP contribution in [0.25, 0.3) is 0 Å². The number of methoxy groups -OCH3 is 4. The Labute approximate surface area is 197 Å². The van der Waals surface area contributed by atoms with E-state index in [0.29, 0.717) is 27.9 Å². The molecule has 0 unspecified atom stereocenters. The minimum atomic E-state index is -3.79. The number of thiophene rings is 1. The van der Waals surface area contributed by atoms with E-state index < -0.39 is 21.0 Å². The number of nitrogens with one attached hydrogen (secondary N) is 1. The summed E-state index contributed by atoms with van der Waals surface area (Å²) in [7, 11) is 2.09. The van der Waals surface area contributed by atoms with E-state index in [4.69, 9.17) is 18.9 Å². The summed E-state index contributed by atoms with van der Waals surface area (Å²) in [6.07, 6.45) is 0. The van der Waals surface area contributed by atoms with E-state index in [1.165, 1.54) is 64.0 Å². The minimum Gasteiger partial charge on any atom is -0.497 e. The molecule has 1 aromatic heterocycles. The summed E-state index contributed by atoms with van der Waals surface area (Å²) in [4.78, 5) is 13.7. The van der Waals surface area contributed by atoms with Crippen molar-refractivity contribution in [1.82, 2.24) is 5.32 Å². The Morgan fingerprint density at radius 1 is 0.939 bits per heavy atom. The fourth-order valence-electron chi connectivity index (χ4n) is 3.27. The van der Waals surface area contributed by atoms with Gasteiger partial charge < -0.3 is 24.3 Å². The molecule has 0 bridgehead atoms.